The Bertz CT molecular complexity index is 972. The summed E-state index contributed by atoms with van der Waals surface area (Å²) in [5.74, 6) is 1.54. The first kappa shape index (κ1) is 22.5. The van der Waals surface area contributed by atoms with Crippen LogP contribution in [-0.4, -0.2) is 50.8 Å². The first-order valence-corrected chi connectivity index (χ1v) is 11.4. The zero-order valence-electron chi connectivity index (χ0n) is 19.8. The predicted octanol–water partition coefficient (Wildman–Crippen LogP) is 4.64. The molecule has 1 heterocycles. The number of nitrogens with one attached hydrogen (secondary N) is 2. The van der Waals surface area contributed by atoms with Crippen molar-refractivity contribution in [2.75, 3.05) is 33.1 Å². The van der Waals surface area contributed by atoms with E-state index in [2.05, 4.69) is 34.7 Å². The molecule has 4 rings (SSSR count). The molecule has 3 atom stereocenters. The van der Waals surface area contributed by atoms with Gasteiger partial charge in [-0.2, -0.15) is 0 Å². The van der Waals surface area contributed by atoms with Crippen LogP contribution in [0, 0.1) is 13.8 Å². The van der Waals surface area contributed by atoms with E-state index in [0.29, 0.717) is 6.04 Å². The number of hydrogen-bond donors (Lipinski definition) is 2. The Morgan fingerprint density at radius 2 is 1.78 bits per heavy atom. The van der Waals surface area contributed by atoms with E-state index in [0.717, 1.165) is 60.5 Å². The highest BCUT2D eigenvalue weighted by molar-refractivity contribution is 5.91. The molecule has 1 aliphatic carbocycles. The lowest BCUT2D eigenvalue weighted by molar-refractivity contribution is 0.156. The maximum absolute atomic E-state index is 12.8. The van der Waals surface area contributed by atoms with Crippen LogP contribution in [0.4, 0.5) is 10.5 Å². The summed E-state index contributed by atoms with van der Waals surface area (Å²) in [5.41, 5.74) is 4.44. The van der Waals surface area contributed by atoms with Gasteiger partial charge in [-0.15, -0.1) is 0 Å². The first-order valence-electron chi connectivity index (χ1n) is 11.4. The molecule has 0 spiro atoms. The van der Waals surface area contributed by atoms with Crippen LogP contribution in [0.2, 0.25) is 0 Å². The van der Waals surface area contributed by atoms with E-state index in [-0.39, 0.29) is 17.5 Å². The van der Waals surface area contributed by atoms with Gasteiger partial charge in [-0.25, -0.2) is 4.79 Å². The Labute approximate surface area is 191 Å². The summed E-state index contributed by atoms with van der Waals surface area (Å²) in [4.78, 5) is 15.2. The molecule has 0 radical (unpaired) electrons. The minimum absolute atomic E-state index is 0.0789. The van der Waals surface area contributed by atoms with Crippen LogP contribution in [-0.2, 0) is 5.41 Å². The van der Waals surface area contributed by atoms with Crippen LogP contribution < -0.4 is 20.1 Å². The predicted molar refractivity (Wildman–Crippen MR) is 128 cm³/mol. The summed E-state index contributed by atoms with van der Waals surface area (Å²) >= 11 is 0. The van der Waals surface area contributed by atoms with E-state index < -0.39 is 0 Å². The molecule has 0 unspecified atom stereocenters. The van der Waals surface area contributed by atoms with Crippen LogP contribution in [0.25, 0.3) is 0 Å². The molecule has 2 aromatic carbocycles. The molecule has 0 aromatic heterocycles. The highest BCUT2D eigenvalue weighted by Gasteiger charge is 2.50. The molecule has 1 saturated carbocycles. The topological polar surface area (TPSA) is 62.8 Å². The second-order valence-corrected chi connectivity index (χ2v) is 9.31. The highest BCUT2D eigenvalue weighted by Crippen LogP contribution is 2.49. The number of likely N-dealkylation sites (tertiary alicyclic amines) is 1. The van der Waals surface area contributed by atoms with E-state index in [4.69, 9.17) is 9.47 Å². The van der Waals surface area contributed by atoms with Gasteiger partial charge in [0.25, 0.3) is 0 Å². The Balaban J connectivity index is 1.50. The molecule has 2 N–H and O–H groups in total. The van der Waals surface area contributed by atoms with Crippen molar-refractivity contribution in [3.05, 3.63) is 53.1 Å². The maximum atomic E-state index is 12.8. The SMILES string of the molecule is COc1ccc([C@@]23CC[C@@H](NC(=O)Nc4c(C)cccc4C)C[C@@H]2N(C)CC3)cc1OC. The largest absolute Gasteiger partial charge is 0.493 e. The summed E-state index contributed by atoms with van der Waals surface area (Å²) in [6.07, 6.45) is 4.04. The lowest BCUT2D eigenvalue weighted by Crippen LogP contribution is -2.52. The number of anilines is 1. The number of urea groups is 1. The number of nitrogens with zero attached hydrogens (tertiary/aromatic N) is 1. The standard InChI is InChI=1S/C26H35N3O3/c1-17-7-6-8-18(2)24(17)28-25(30)27-20-11-12-26(13-14-29(3)23(26)16-20)19-9-10-21(31-4)22(15-19)32-5/h6-10,15,20,23H,11-14,16H2,1-5H3,(H2,27,28,30)/t20-,23+,26+/m1/s1. The van der Waals surface area contributed by atoms with Gasteiger partial charge < -0.3 is 25.0 Å². The normalized spacial score (nSPS) is 25.2. The molecule has 2 fully saturated rings. The van der Waals surface area contributed by atoms with Crippen LogP contribution in [0.5, 0.6) is 11.5 Å². The van der Waals surface area contributed by atoms with E-state index in [1.807, 2.05) is 38.1 Å². The Kier molecular flexibility index (Phi) is 6.33. The molecular formula is C26H35N3O3. The van der Waals surface area contributed by atoms with E-state index in [1.54, 1.807) is 14.2 Å². The van der Waals surface area contributed by atoms with Crippen molar-refractivity contribution in [2.24, 2.45) is 0 Å². The first-order chi connectivity index (χ1) is 15.4. The summed E-state index contributed by atoms with van der Waals surface area (Å²) in [6, 6.07) is 12.8. The fraction of sp³-hybridized carbons (Fsp3) is 0.500. The van der Waals surface area contributed by atoms with Gasteiger partial charge in [-0.3, -0.25) is 0 Å². The number of benzene rings is 2. The van der Waals surface area contributed by atoms with Crippen molar-refractivity contribution in [1.82, 2.24) is 10.2 Å². The minimum Gasteiger partial charge on any atom is -0.493 e. The summed E-state index contributed by atoms with van der Waals surface area (Å²) in [6.45, 7) is 5.10. The molecule has 2 amide bonds. The number of carbonyl (C=O) groups is 1. The van der Waals surface area contributed by atoms with Crippen molar-refractivity contribution in [3.63, 3.8) is 0 Å². The molecular weight excluding hydrogens is 402 g/mol. The minimum atomic E-state index is -0.119. The third kappa shape index (κ3) is 4.04. The van der Waals surface area contributed by atoms with Crippen molar-refractivity contribution >= 4 is 11.7 Å². The van der Waals surface area contributed by atoms with Gasteiger partial charge in [0.2, 0.25) is 0 Å². The summed E-state index contributed by atoms with van der Waals surface area (Å²) < 4.78 is 11.0. The fourth-order valence-corrected chi connectivity index (χ4v) is 5.74. The summed E-state index contributed by atoms with van der Waals surface area (Å²) in [5, 5.41) is 6.31. The molecule has 6 nitrogen and oxygen atoms in total. The quantitative estimate of drug-likeness (QED) is 0.716. The van der Waals surface area contributed by atoms with Gasteiger partial charge in [-0.1, -0.05) is 24.3 Å². The van der Waals surface area contributed by atoms with Crippen molar-refractivity contribution in [2.45, 2.75) is 57.0 Å². The third-order valence-electron chi connectivity index (χ3n) is 7.54. The molecule has 1 aliphatic heterocycles. The molecule has 172 valence electrons. The van der Waals surface area contributed by atoms with E-state index in [1.165, 1.54) is 5.56 Å². The number of ether oxygens (including phenoxy) is 2. The molecule has 2 aromatic rings. The third-order valence-corrected chi connectivity index (χ3v) is 7.54. The number of likely N-dealkylation sites (N-methyl/N-ethyl adjacent to an activating group) is 1. The number of aryl methyl sites for hydroxylation is 2. The monoisotopic (exact) mass is 437 g/mol. The Hall–Kier alpha value is -2.73. The summed E-state index contributed by atoms with van der Waals surface area (Å²) in [7, 11) is 5.56. The zero-order chi connectivity index (χ0) is 22.9. The molecule has 32 heavy (non-hydrogen) atoms. The van der Waals surface area contributed by atoms with Gasteiger partial charge in [0.05, 0.1) is 14.2 Å². The molecule has 6 heteroatoms. The molecule has 2 aliphatic rings. The van der Waals surface area contributed by atoms with Crippen molar-refractivity contribution in [3.8, 4) is 11.5 Å². The lowest BCUT2D eigenvalue weighted by atomic mass is 9.65. The van der Waals surface area contributed by atoms with E-state index >= 15 is 0 Å². The lowest BCUT2D eigenvalue weighted by Gasteiger charge is -2.45. The van der Waals surface area contributed by atoms with Gasteiger partial charge in [-0.05, 0) is 81.9 Å². The van der Waals surface area contributed by atoms with Crippen LogP contribution in [0.15, 0.2) is 36.4 Å². The number of rotatable bonds is 5. The number of hydrogen-bond acceptors (Lipinski definition) is 4. The van der Waals surface area contributed by atoms with Crippen LogP contribution in [0.3, 0.4) is 0 Å². The maximum Gasteiger partial charge on any atom is 0.319 e. The van der Waals surface area contributed by atoms with Gasteiger partial charge in [0.1, 0.15) is 0 Å². The molecule has 1 saturated heterocycles. The number of para-hydroxylation sites is 1. The van der Waals surface area contributed by atoms with Crippen LogP contribution >= 0.6 is 0 Å². The highest BCUT2D eigenvalue weighted by atomic mass is 16.5. The number of fused-ring (bicyclic) bond motifs is 1. The van der Waals surface area contributed by atoms with Crippen LogP contribution in [0.1, 0.15) is 42.4 Å². The molecule has 0 bridgehead atoms. The van der Waals surface area contributed by atoms with Crippen molar-refractivity contribution < 1.29 is 14.3 Å². The van der Waals surface area contributed by atoms with Crippen molar-refractivity contribution in [1.29, 1.82) is 0 Å². The smallest absolute Gasteiger partial charge is 0.319 e. The average Bonchev–Trinajstić information content (AvgIpc) is 3.13. The van der Waals surface area contributed by atoms with E-state index in [9.17, 15) is 4.79 Å². The second-order valence-electron chi connectivity index (χ2n) is 9.31. The number of amides is 2. The Morgan fingerprint density at radius 3 is 2.47 bits per heavy atom. The second kappa shape index (κ2) is 9.02. The Morgan fingerprint density at radius 1 is 1.06 bits per heavy atom. The van der Waals surface area contributed by atoms with Gasteiger partial charge in [0.15, 0.2) is 11.5 Å². The zero-order valence-corrected chi connectivity index (χ0v) is 19.8. The number of methoxy groups -OCH3 is 2. The van der Waals surface area contributed by atoms with Gasteiger partial charge >= 0.3 is 6.03 Å². The number of carbonyl (C=O) groups excluding carboxylic acids is 1. The fourth-order valence-electron chi connectivity index (χ4n) is 5.74. The van der Waals surface area contributed by atoms with Gasteiger partial charge in [0, 0.05) is 23.2 Å². The average molecular weight is 438 g/mol.